The summed E-state index contributed by atoms with van der Waals surface area (Å²) in [5.74, 6) is 0. The monoisotopic (exact) mass is 1500 g/mol. The number of benzene rings is 17. The molecule has 20 aromatic rings. The van der Waals surface area contributed by atoms with Crippen molar-refractivity contribution in [3.05, 3.63) is 404 Å². The molecule has 2 aliphatic carbocycles. The summed E-state index contributed by atoms with van der Waals surface area (Å²) in [7, 11) is 0. The quantitative estimate of drug-likeness (QED) is 0.139. The molecule has 0 N–H and O–H groups in total. The van der Waals surface area contributed by atoms with Crippen molar-refractivity contribution in [1.29, 1.82) is 0 Å². The zero-order chi connectivity index (χ0) is 74.5. The van der Waals surface area contributed by atoms with Crippen molar-refractivity contribution in [3.8, 4) is 83.8 Å². The fourth-order valence-electron chi connectivity index (χ4n) is 20.5. The molecule has 0 amide bonds. The molecule has 2 aliphatic heterocycles. The van der Waals surface area contributed by atoms with E-state index in [0.29, 0.717) is 0 Å². The Balaban J connectivity index is 0.882. The van der Waals surface area contributed by atoms with Crippen LogP contribution in [0.25, 0.3) is 149 Å². The summed E-state index contributed by atoms with van der Waals surface area (Å²) in [5, 5.41) is 7.32. The second-order valence-corrected chi connectivity index (χ2v) is 34.3. The second-order valence-electron chi connectivity index (χ2n) is 32.1. The molecule has 17 aromatic carbocycles. The van der Waals surface area contributed by atoms with Crippen molar-refractivity contribution < 1.29 is 0 Å². The maximum atomic E-state index is 2.78. The molecule has 0 bridgehead atoms. The van der Waals surface area contributed by atoms with Crippen LogP contribution in [0.3, 0.4) is 0 Å². The standard InChI is InChI=1S/C107H71BN4Se/c1-106(2,3)71-63-82(67-32-9-5-10-33-67)104(83(64-71)68-34-11-6-12-35-68)112-98-65-72(109-90-47-24-16-42-79(90)80-56-54-69(60-97(80)109)66-30-7-4-8-31-66)55-58-88(98)108-89-59-57-87-102(81-43-15-23-46-86(81)107(87)84-44-21-13-36-73(84)74-37-14-22-45-85(74)107)105(89)113-100-62-70(61-99(112)103(100)108)101-95(110-91-48-25-17-38-75(91)76-39-18-26-49-92(76)110)52-29-53-96(101)111-93-50-27-19-40-77(93)78-41-20-28-51-94(78)111/h4-65H,1-3H3. The van der Waals surface area contributed by atoms with Crippen molar-refractivity contribution >= 4 is 129 Å². The van der Waals surface area contributed by atoms with Gasteiger partial charge in [-0.1, -0.05) is 30.3 Å². The average molecular weight is 1500 g/mol. The molecule has 113 heavy (non-hydrogen) atoms. The van der Waals surface area contributed by atoms with E-state index in [9.17, 15) is 0 Å². The molecule has 0 saturated heterocycles. The molecule has 0 saturated carbocycles. The molecule has 5 heterocycles. The molecule has 4 nitrogen and oxygen atoms in total. The van der Waals surface area contributed by atoms with Gasteiger partial charge in [-0.2, -0.15) is 0 Å². The predicted octanol–water partition coefficient (Wildman–Crippen LogP) is 23.6. The van der Waals surface area contributed by atoms with Crippen molar-refractivity contribution in [3.63, 3.8) is 0 Å². The molecule has 0 atom stereocenters. The number of hydrogen-bond donors (Lipinski definition) is 0. The summed E-state index contributed by atoms with van der Waals surface area (Å²) in [5.41, 5.74) is 38.3. The maximum absolute atomic E-state index is 2.78. The number of anilines is 3. The van der Waals surface area contributed by atoms with Crippen LogP contribution in [0.2, 0.25) is 0 Å². The van der Waals surface area contributed by atoms with Gasteiger partial charge in [0.25, 0.3) is 0 Å². The summed E-state index contributed by atoms with van der Waals surface area (Å²) in [6, 6.07) is 144. The molecule has 1 spiro atoms. The summed E-state index contributed by atoms with van der Waals surface area (Å²) >= 11 is -0.286. The molecule has 4 aliphatic rings. The first kappa shape index (κ1) is 64.4. The Labute approximate surface area is 662 Å². The number of nitrogens with zero attached hydrogens (tertiary/aromatic N) is 4. The number of hydrogen-bond acceptors (Lipinski definition) is 1. The van der Waals surface area contributed by atoms with Gasteiger partial charge in [0.15, 0.2) is 0 Å². The van der Waals surface area contributed by atoms with Gasteiger partial charge in [0.1, 0.15) is 0 Å². The van der Waals surface area contributed by atoms with Gasteiger partial charge in [0, 0.05) is 0 Å². The fraction of sp³-hybridized carbons (Fsp3) is 0.0467. The van der Waals surface area contributed by atoms with E-state index < -0.39 is 5.41 Å². The van der Waals surface area contributed by atoms with Gasteiger partial charge in [0.05, 0.1) is 0 Å². The Bertz CT molecular complexity index is 7110. The van der Waals surface area contributed by atoms with E-state index in [1.807, 2.05) is 0 Å². The van der Waals surface area contributed by atoms with Gasteiger partial charge in [-0.15, -0.1) is 0 Å². The summed E-state index contributed by atoms with van der Waals surface area (Å²) < 4.78 is 10.5. The van der Waals surface area contributed by atoms with Crippen LogP contribution in [-0.2, 0) is 10.8 Å². The minimum absolute atomic E-state index is 0.196. The van der Waals surface area contributed by atoms with E-state index in [-0.39, 0.29) is 27.1 Å². The summed E-state index contributed by atoms with van der Waals surface area (Å²) in [6.07, 6.45) is 0. The second kappa shape index (κ2) is 24.3. The predicted molar refractivity (Wildman–Crippen MR) is 477 cm³/mol. The van der Waals surface area contributed by atoms with Gasteiger partial charge >= 0.3 is 637 Å². The van der Waals surface area contributed by atoms with E-state index >= 15 is 0 Å². The van der Waals surface area contributed by atoms with Crippen molar-refractivity contribution in [1.82, 2.24) is 13.7 Å². The van der Waals surface area contributed by atoms with Crippen LogP contribution in [-0.4, -0.2) is 35.4 Å². The van der Waals surface area contributed by atoms with E-state index in [4.69, 9.17) is 0 Å². The number of para-hydroxylation sites is 5. The summed E-state index contributed by atoms with van der Waals surface area (Å²) in [4.78, 5) is 2.78. The first-order valence-electron chi connectivity index (χ1n) is 39.5. The topological polar surface area (TPSA) is 18.0 Å². The molecule has 24 rings (SSSR count). The SMILES string of the molecule is CC(C)(C)c1cc(-c2ccccc2)c(N2c3cc(-n4c5ccccc5c5ccc(-c6ccccc6)cc54)ccc3B3c4ccc5c(c4[Se]c4cc(-c6c(-n7c8ccccc8c8ccccc87)cccc6-n6c7ccccc7c7ccccc76)cc2c43)-c2ccccc2C52c3ccccc3-c3ccccc32)c(-c2ccccc2)c1. The molecular weight excluding hydrogens is 1430 g/mol. The van der Waals surface area contributed by atoms with Crippen molar-refractivity contribution in [2.45, 2.75) is 31.6 Å². The zero-order valence-electron chi connectivity index (χ0n) is 62.6. The van der Waals surface area contributed by atoms with Crippen LogP contribution in [0.4, 0.5) is 17.1 Å². The third kappa shape index (κ3) is 9.10. The van der Waals surface area contributed by atoms with Crippen LogP contribution >= 0.6 is 0 Å². The third-order valence-electron chi connectivity index (χ3n) is 25.2. The number of fused-ring (bicyclic) bond motifs is 24. The van der Waals surface area contributed by atoms with Gasteiger partial charge in [-0.25, -0.2) is 0 Å². The molecule has 0 radical (unpaired) electrons. The Morgan fingerprint density at radius 1 is 0.283 bits per heavy atom. The number of aromatic nitrogens is 3. The molecular formula is C107H71BN4Se. The molecule has 528 valence electrons. The molecule has 0 unspecified atom stereocenters. The summed E-state index contributed by atoms with van der Waals surface area (Å²) in [6.45, 7) is 6.92. The normalized spacial score (nSPS) is 13.4. The van der Waals surface area contributed by atoms with Gasteiger partial charge in [0.2, 0.25) is 0 Å². The van der Waals surface area contributed by atoms with Crippen LogP contribution in [0.5, 0.6) is 0 Å². The van der Waals surface area contributed by atoms with Crippen LogP contribution in [0, 0.1) is 0 Å². The fourth-order valence-corrected chi connectivity index (χ4v) is 23.4. The minimum atomic E-state index is -0.532. The van der Waals surface area contributed by atoms with E-state index in [0.717, 1.165) is 83.8 Å². The molecule has 6 heteroatoms. The third-order valence-corrected chi connectivity index (χ3v) is 27.8. The van der Waals surface area contributed by atoms with Gasteiger partial charge < -0.3 is 0 Å². The van der Waals surface area contributed by atoms with Crippen molar-refractivity contribution in [2.24, 2.45) is 0 Å². The zero-order valence-corrected chi connectivity index (χ0v) is 64.3. The van der Waals surface area contributed by atoms with Crippen LogP contribution < -0.4 is 30.2 Å². The van der Waals surface area contributed by atoms with E-state index in [2.05, 4.69) is 415 Å². The Morgan fingerprint density at radius 3 is 1.27 bits per heavy atom. The van der Waals surface area contributed by atoms with E-state index in [1.165, 1.54) is 136 Å². The van der Waals surface area contributed by atoms with Gasteiger partial charge in [-0.05, 0) is 0 Å². The molecule has 0 fully saturated rings. The Kier molecular flexibility index (Phi) is 13.8. The first-order chi connectivity index (χ1) is 55.7. The Hall–Kier alpha value is -13.5. The Morgan fingerprint density at radius 2 is 0.735 bits per heavy atom. The van der Waals surface area contributed by atoms with Crippen LogP contribution in [0.15, 0.2) is 376 Å². The first-order valence-corrected chi connectivity index (χ1v) is 41.2. The number of rotatable bonds is 8. The molecule has 3 aromatic heterocycles. The van der Waals surface area contributed by atoms with Gasteiger partial charge in [-0.3, -0.25) is 0 Å². The average Bonchev–Trinajstić information content (AvgIpc) is 1.51. The van der Waals surface area contributed by atoms with Crippen molar-refractivity contribution in [2.75, 3.05) is 4.90 Å². The van der Waals surface area contributed by atoms with E-state index in [1.54, 1.807) is 0 Å². The van der Waals surface area contributed by atoms with Crippen LogP contribution in [0.1, 0.15) is 48.6 Å².